The molecule has 29 heavy (non-hydrogen) atoms. The van der Waals surface area contributed by atoms with Crippen molar-refractivity contribution in [2.45, 2.75) is 33.4 Å². The van der Waals surface area contributed by atoms with Gasteiger partial charge in [0, 0.05) is 11.3 Å². The molecule has 2 aromatic carbocycles. The van der Waals surface area contributed by atoms with Crippen LogP contribution in [0.4, 0.5) is 5.69 Å². The zero-order chi connectivity index (χ0) is 21.2. The molecule has 0 fully saturated rings. The first-order valence-corrected chi connectivity index (χ1v) is 11.1. The van der Waals surface area contributed by atoms with Gasteiger partial charge in [0.05, 0.1) is 11.4 Å². The molecule has 0 atom stereocenters. The summed E-state index contributed by atoms with van der Waals surface area (Å²) in [6, 6.07) is 13.0. The molecular weight excluding hydrogens is 388 g/mol. The number of hydrogen-bond acceptors (Lipinski definition) is 5. The number of hydrogen-bond donors (Lipinski definition) is 1. The van der Waals surface area contributed by atoms with Crippen LogP contribution in [0.15, 0.2) is 46.9 Å². The summed E-state index contributed by atoms with van der Waals surface area (Å²) in [7, 11) is -3.71. The van der Waals surface area contributed by atoms with Gasteiger partial charge in [-0.25, -0.2) is 13.4 Å². The maximum atomic E-state index is 12.5. The number of oxazole rings is 1. The van der Waals surface area contributed by atoms with Crippen molar-refractivity contribution < 1.29 is 17.6 Å². The van der Waals surface area contributed by atoms with E-state index in [1.165, 1.54) is 0 Å². The van der Waals surface area contributed by atoms with Crippen molar-refractivity contribution in [2.75, 3.05) is 11.1 Å². The predicted molar refractivity (Wildman–Crippen MR) is 113 cm³/mol. The number of sulfone groups is 1. The summed E-state index contributed by atoms with van der Waals surface area (Å²) in [5.74, 6) is -0.735. The van der Waals surface area contributed by atoms with Crippen molar-refractivity contribution in [3.05, 3.63) is 70.6 Å². The fraction of sp³-hybridized carbons (Fsp3) is 0.273. The second-order valence-electron chi connectivity index (χ2n) is 7.22. The van der Waals surface area contributed by atoms with E-state index in [0.29, 0.717) is 23.0 Å². The molecule has 1 N–H and O–H groups in total. The number of nitrogens with one attached hydrogen (secondary N) is 1. The first-order valence-electron chi connectivity index (χ1n) is 9.24. The van der Waals surface area contributed by atoms with E-state index in [0.717, 1.165) is 22.3 Å². The lowest BCUT2D eigenvalue weighted by molar-refractivity contribution is -0.113. The third kappa shape index (κ3) is 5.12. The lowest BCUT2D eigenvalue weighted by Crippen LogP contribution is -2.24. The molecule has 6 nitrogen and oxygen atoms in total. The Hall–Kier alpha value is -2.93. The standard InChI is InChI=1S/C22H24N2O4S/c1-14-9-10-18(11-16(14)3)23-21(25)13-29(26,27)12-20-17(4)28-22(24-20)19-8-6-5-7-15(19)2/h5-11H,12-13H2,1-4H3,(H,23,25). The van der Waals surface area contributed by atoms with Gasteiger partial charge in [0.25, 0.3) is 0 Å². The third-order valence-corrected chi connectivity index (χ3v) is 6.18. The highest BCUT2D eigenvalue weighted by Crippen LogP contribution is 2.25. The minimum absolute atomic E-state index is 0.322. The van der Waals surface area contributed by atoms with Crippen LogP contribution in [0.2, 0.25) is 0 Å². The van der Waals surface area contributed by atoms with Crippen molar-refractivity contribution in [1.29, 1.82) is 0 Å². The Kier molecular flexibility index (Phi) is 5.88. The number of benzene rings is 2. The molecule has 152 valence electrons. The Bertz CT molecular complexity index is 1160. The number of carbonyl (C=O) groups is 1. The molecule has 3 aromatic rings. The van der Waals surface area contributed by atoms with Crippen molar-refractivity contribution >= 4 is 21.4 Å². The summed E-state index contributed by atoms with van der Waals surface area (Å²) in [5, 5.41) is 2.64. The van der Waals surface area contributed by atoms with E-state index in [2.05, 4.69) is 10.3 Å². The summed E-state index contributed by atoms with van der Waals surface area (Å²) < 4.78 is 30.8. The number of amides is 1. The van der Waals surface area contributed by atoms with Crippen molar-refractivity contribution in [3.63, 3.8) is 0 Å². The number of rotatable bonds is 6. The van der Waals surface area contributed by atoms with Gasteiger partial charge in [-0.05, 0) is 62.6 Å². The summed E-state index contributed by atoms with van der Waals surface area (Å²) in [4.78, 5) is 16.6. The Labute approximate surface area is 170 Å². The van der Waals surface area contributed by atoms with Crippen molar-refractivity contribution in [3.8, 4) is 11.5 Å². The second kappa shape index (κ2) is 8.21. The van der Waals surface area contributed by atoms with Gasteiger partial charge in [0.2, 0.25) is 11.8 Å². The van der Waals surface area contributed by atoms with Gasteiger partial charge in [0.1, 0.15) is 11.5 Å². The molecule has 0 saturated heterocycles. The molecule has 0 saturated carbocycles. The van der Waals surface area contributed by atoms with Crippen LogP contribution in [0.1, 0.15) is 28.1 Å². The summed E-state index contributed by atoms with van der Waals surface area (Å²) in [5.41, 5.74) is 4.81. The topological polar surface area (TPSA) is 89.3 Å². The molecule has 0 bridgehead atoms. The monoisotopic (exact) mass is 412 g/mol. The first kappa shape index (κ1) is 20.8. The molecule has 0 aliphatic rings. The summed E-state index contributed by atoms with van der Waals surface area (Å²) in [6.45, 7) is 7.51. The number of nitrogens with zero attached hydrogens (tertiary/aromatic N) is 1. The molecule has 1 amide bonds. The molecule has 7 heteroatoms. The maximum absolute atomic E-state index is 12.5. The molecular formula is C22H24N2O4S. The highest BCUT2D eigenvalue weighted by molar-refractivity contribution is 7.91. The Morgan fingerprint density at radius 1 is 1.00 bits per heavy atom. The van der Waals surface area contributed by atoms with Gasteiger partial charge in [0.15, 0.2) is 9.84 Å². The lowest BCUT2D eigenvalue weighted by Gasteiger charge is -2.08. The smallest absolute Gasteiger partial charge is 0.239 e. The predicted octanol–water partition coefficient (Wildman–Crippen LogP) is 4.13. The zero-order valence-electron chi connectivity index (χ0n) is 16.9. The Balaban J connectivity index is 1.71. The molecule has 0 radical (unpaired) electrons. The summed E-state index contributed by atoms with van der Waals surface area (Å²) in [6.07, 6.45) is 0. The van der Waals surface area contributed by atoms with Gasteiger partial charge in [-0.15, -0.1) is 0 Å². The molecule has 0 spiro atoms. The van der Waals surface area contributed by atoms with Gasteiger partial charge < -0.3 is 9.73 Å². The lowest BCUT2D eigenvalue weighted by atomic mass is 10.1. The molecule has 1 heterocycles. The van der Waals surface area contributed by atoms with E-state index >= 15 is 0 Å². The van der Waals surface area contributed by atoms with Gasteiger partial charge in [-0.3, -0.25) is 4.79 Å². The second-order valence-corrected chi connectivity index (χ2v) is 9.28. The number of anilines is 1. The van der Waals surface area contributed by atoms with Crippen LogP contribution < -0.4 is 5.32 Å². The highest BCUT2D eigenvalue weighted by atomic mass is 32.2. The Morgan fingerprint density at radius 2 is 1.72 bits per heavy atom. The van der Waals surface area contributed by atoms with E-state index in [1.54, 1.807) is 13.0 Å². The van der Waals surface area contributed by atoms with Crippen LogP contribution in [-0.4, -0.2) is 25.1 Å². The zero-order valence-corrected chi connectivity index (χ0v) is 17.8. The molecule has 3 rings (SSSR count). The van der Waals surface area contributed by atoms with Crippen molar-refractivity contribution in [2.24, 2.45) is 0 Å². The van der Waals surface area contributed by atoms with Crippen LogP contribution >= 0.6 is 0 Å². The largest absolute Gasteiger partial charge is 0.441 e. The number of aryl methyl sites for hydroxylation is 4. The van der Waals surface area contributed by atoms with E-state index in [-0.39, 0.29) is 5.75 Å². The average molecular weight is 413 g/mol. The quantitative estimate of drug-likeness (QED) is 0.658. The minimum Gasteiger partial charge on any atom is -0.441 e. The number of aromatic nitrogens is 1. The van der Waals surface area contributed by atoms with E-state index in [9.17, 15) is 13.2 Å². The normalized spacial score (nSPS) is 11.4. The van der Waals surface area contributed by atoms with E-state index in [4.69, 9.17) is 4.42 Å². The average Bonchev–Trinajstić information content (AvgIpc) is 2.97. The maximum Gasteiger partial charge on any atom is 0.239 e. The molecule has 1 aromatic heterocycles. The SMILES string of the molecule is Cc1ccc(NC(=O)CS(=O)(=O)Cc2nc(-c3ccccc3C)oc2C)cc1C. The van der Waals surface area contributed by atoms with Crippen LogP contribution in [0, 0.1) is 27.7 Å². The third-order valence-electron chi connectivity index (χ3n) is 4.77. The molecule has 0 aliphatic heterocycles. The minimum atomic E-state index is -3.71. The fourth-order valence-electron chi connectivity index (χ4n) is 2.97. The fourth-order valence-corrected chi connectivity index (χ4v) is 4.22. The first-order chi connectivity index (χ1) is 13.6. The van der Waals surface area contributed by atoms with Crippen LogP contribution in [-0.2, 0) is 20.4 Å². The molecule has 0 unspecified atom stereocenters. The highest BCUT2D eigenvalue weighted by Gasteiger charge is 2.22. The number of carbonyl (C=O) groups excluding carboxylic acids is 1. The van der Waals surface area contributed by atoms with Gasteiger partial charge >= 0.3 is 0 Å². The molecule has 0 aliphatic carbocycles. The van der Waals surface area contributed by atoms with E-state index in [1.807, 2.05) is 57.2 Å². The van der Waals surface area contributed by atoms with Crippen LogP contribution in [0.25, 0.3) is 11.5 Å². The van der Waals surface area contributed by atoms with Crippen molar-refractivity contribution in [1.82, 2.24) is 4.98 Å². The van der Waals surface area contributed by atoms with Crippen LogP contribution in [0.3, 0.4) is 0 Å². The van der Waals surface area contributed by atoms with E-state index < -0.39 is 21.5 Å². The Morgan fingerprint density at radius 3 is 2.41 bits per heavy atom. The summed E-state index contributed by atoms with van der Waals surface area (Å²) >= 11 is 0. The van der Waals surface area contributed by atoms with Crippen LogP contribution in [0.5, 0.6) is 0 Å². The van der Waals surface area contributed by atoms with Gasteiger partial charge in [-0.2, -0.15) is 0 Å². The van der Waals surface area contributed by atoms with Gasteiger partial charge in [-0.1, -0.05) is 24.3 Å².